The predicted molar refractivity (Wildman–Crippen MR) is 50.1 cm³/mol. The van der Waals surface area contributed by atoms with Gasteiger partial charge in [-0.05, 0) is 6.42 Å². The molecule has 1 atom stereocenters. The van der Waals surface area contributed by atoms with Crippen LogP contribution in [0.1, 0.15) is 19.8 Å². The highest BCUT2D eigenvalue weighted by atomic mass is 32.2. The molecule has 0 aromatic heterocycles. The van der Waals surface area contributed by atoms with Crippen molar-refractivity contribution < 1.29 is 17.9 Å². The molecule has 1 unspecified atom stereocenters. The fourth-order valence-corrected chi connectivity index (χ4v) is 2.49. The van der Waals surface area contributed by atoms with E-state index in [4.69, 9.17) is 5.26 Å². The monoisotopic (exact) mass is 219 g/mol. The zero-order valence-corrected chi connectivity index (χ0v) is 9.00. The first-order chi connectivity index (χ1) is 6.47. The molecule has 0 saturated carbocycles. The third-order valence-corrected chi connectivity index (χ3v) is 3.98. The Morgan fingerprint density at radius 3 is 2.50 bits per heavy atom. The second kappa shape index (κ2) is 5.60. The first-order valence-corrected chi connectivity index (χ1v) is 5.84. The van der Waals surface area contributed by atoms with E-state index in [1.54, 1.807) is 13.0 Å². The lowest BCUT2D eigenvalue weighted by Crippen LogP contribution is -2.27. The van der Waals surface area contributed by atoms with E-state index in [1.165, 1.54) is 0 Å². The average Bonchev–Trinajstić information content (AvgIpc) is 2.12. The lowest BCUT2D eigenvalue weighted by molar-refractivity contribution is -0.137. The van der Waals surface area contributed by atoms with Crippen LogP contribution in [0.15, 0.2) is 0 Å². The van der Waals surface area contributed by atoms with Crippen molar-refractivity contribution in [3.8, 4) is 6.07 Å². The first-order valence-electron chi connectivity index (χ1n) is 4.13. The standard InChI is InChI=1S/C8H13NO4S/c1-3-7(4-5-9)14(11,12)6-8(10)13-2/h7H,3-4,6H2,1-2H3. The number of methoxy groups -OCH3 is 1. The lowest BCUT2D eigenvalue weighted by Gasteiger charge is -2.10. The first kappa shape index (κ1) is 12.9. The van der Waals surface area contributed by atoms with Gasteiger partial charge in [-0.2, -0.15) is 5.26 Å². The normalized spacial score (nSPS) is 12.9. The van der Waals surface area contributed by atoms with Crippen LogP contribution in [-0.2, 0) is 19.4 Å². The van der Waals surface area contributed by atoms with E-state index in [-0.39, 0.29) is 6.42 Å². The second-order valence-electron chi connectivity index (χ2n) is 2.78. The minimum Gasteiger partial charge on any atom is -0.468 e. The van der Waals surface area contributed by atoms with E-state index < -0.39 is 26.8 Å². The van der Waals surface area contributed by atoms with Crippen molar-refractivity contribution in [3.05, 3.63) is 0 Å². The van der Waals surface area contributed by atoms with Crippen molar-refractivity contribution in [1.82, 2.24) is 0 Å². The second-order valence-corrected chi connectivity index (χ2v) is 5.06. The van der Waals surface area contributed by atoms with Crippen LogP contribution in [0, 0.1) is 11.3 Å². The van der Waals surface area contributed by atoms with Crippen molar-refractivity contribution in [2.75, 3.05) is 12.9 Å². The van der Waals surface area contributed by atoms with Crippen molar-refractivity contribution >= 4 is 15.8 Å². The number of carbonyl (C=O) groups excluding carboxylic acids is 1. The molecule has 0 aliphatic heterocycles. The number of hydrogen-bond acceptors (Lipinski definition) is 5. The Labute approximate surface area is 83.6 Å². The van der Waals surface area contributed by atoms with Crippen LogP contribution in [0.2, 0.25) is 0 Å². The molecule has 0 rings (SSSR count). The van der Waals surface area contributed by atoms with Crippen LogP contribution in [0.4, 0.5) is 0 Å². The summed E-state index contributed by atoms with van der Waals surface area (Å²) in [6.07, 6.45) is 0.239. The van der Waals surface area contributed by atoms with Crippen LogP contribution in [-0.4, -0.2) is 32.5 Å². The molecule has 0 N–H and O–H groups in total. The summed E-state index contributed by atoms with van der Waals surface area (Å²) in [7, 11) is -2.41. The Hall–Kier alpha value is -1.09. The average molecular weight is 219 g/mol. The molecule has 0 aliphatic carbocycles. The van der Waals surface area contributed by atoms with Gasteiger partial charge in [-0.3, -0.25) is 4.79 Å². The van der Waals surface area contributed by atoms with Crippen LogP contribution in [0.3, 0.4) is 0 Å². The van der Waals surface area contributed by atoms with Crippen molar-refractivity contribution in [2.24, 2.45) is 0 Å². The summed E-state index contributed by atoms with van der Waals surface area (Å²) in [4.78, 5) is 10.8. The summed E-state index contributed by atoms with van der Waals surface area (Å²) >= 11 is 0. The molecule has 5 nitrogen and oxygen atoms in total. The number of rotatable bonds is 5. The van der Waals surface area contributed by atoms with Gasteiger partial charge in [0.05, 0.1) is 24.8 Å². The van der Waals surface area contributed by atoms with Crippen LogP contribution in [0.25, 0.3) is 0 Å². The molecule has 14 heavy (non-hydrogen) atoms. The number of carbonyl (C=O) groups is 1. The van der Waals surface area contributed by atoms with E-state index >= 15 is 0 Å². The van der Waals surface area contributed by atoms with Crippen LogP contribution in [0.5, 0.6) is 0 Å². The third kappa shape index (κ3) is 3.75. The van der Waals surface area contributed by atoms with E-state index in [2.05, 4.69) is 4.74 Å². The van der Waals surface area contributed by atoms with Gasteiger partial charge in [0.1, 0.15) is 5.75 Å². The molecule has 0 saturated heterocycles. The number of sulfone groups is 1. The summed E-state index contributed by atoms with van der Waals surface area (Å²) in [5, 5.41) is 7.62. The molecule has 0 aromatic carbocycles. The SMILES string of the molecule is CCC(CC#N)S(=O)(=O)CC(=O)OC. The number of hydrogen-bond donors (Lipinski definition) is 0. The quantitative estimate of drug-likeness (QED) is 0.619. The van der Waals surface area contributed by atoms with Gasteiger partial charge in [-0.15, -0.1) is 0 Å². The Morgan fingerprint density at radius 1 is 1.57 bits per heavy atom. The molecule has 0 fully saturated rings. The van der Waals surface area contributed by atoms with Crippen LogP contribution >= 0.6 is 0 Å². The minimum absolute atomic E-state index is 0.0875. The van der Waals surface area contributed by atoms with Crippen molar-refractivity contribution in [3.63, 3.8) is 0 Å². The molecule has 0 aliphatic rings. The van der Waals surface area contributed by atoms with Crippen molar-refractivity contribution in [1.29, 1.82) is 5.26 Å². The molecule has 0 spiro atoms. The summed E-state index contributed by atoms with van der Waals surface area (Å²) in [6.45, 7) is 1.66. The lowest BCUT2D eigenvalue weighted by atomic mass is 10.3. The van der Waals surface area contributed by atoms with Gasteiger partial charge in [0.15, 0.2) is 9.84 Å². The summed E-state index contributed by atoms with van der Waals surface area (Å²) < 4.78 is 27.2. The summed E-state index contributed by atoms with van der Waals surface area (Å²) in [5.74, 6) is -1.44. The number of nitrogens with zero attached hydrogens (tertiary/aromatic N) is 1. The van der Waals surface area contributed by atoms with Crippen molar-refractivity contribution in [2.45, 2.75) is 25.0 Å². The topological polar surface area (TPSA) is 84.2 Å². The number of ether oxygens (including phenoxy) is 1. The van der Waals surface area contributed by atoms with Crippen LogP contribution < -0.4 is 0 Å². The molecule has 0 heterocycles. The van der Waals surface area contributed by atoms with Gasteiger partial charge < -0.3 is 4.74 Å². The van der Waals surface area contributed by atoms with Gasteiger partial charge in [-0.1, -0.05) is 6.92 Å². The van der Waals surface area contributed by atoms with E-state index in [1.807, 2.05) is 0 Å². The minimum atomic E-state index is -3.54. The molecule has 0 amide bonds. The Morgan fingerprint density at radius 2 is 2.14 bits per heavy atom. The van der Waals surface area contributed by atoms with E-state index in [9.17, 15) is 13.2 Å². The maximum Gasteiger partial charge on any atom is 0.320 e. The molecule has 0 radical (unpaired) electrons. The Balaban J connectivity index is 4.59. The zero-order chi connectivity index (χ0) is 11.2. The Bertz CT molecular complexity index is 328. The zero-order valence-electron chi connectivity index (χ0n) is 8.19. The largest absolute Gasteiger partial charge is 0.468 e. The molecular weight excluding hydrogens is 206 g/mol. The van der Waals surface area contributed by atoms with Gasteiger partial charge >= 0.3 is 5.97 Å². The Kier molecular flexibility index (Phi) is 5.16. The van der Waals surface area contributed by atoms with Gasteiger partial charge in [0.2, 0.25) is 0 Å². The third-order valence-electron chi connectivity index (χ3n) is 1.83. The number of esters is 1. The predicted octanol–water partition coefficient (Wildman–Crippen LogP) is 0.266. The van der Waals surface area contributed by atoms with Gasteiger partial charge in [-0.25, -0.2) is 8.42 Å². The smallest absolute Gasteiger partial charge is 0.320 e. The maximum absolute atomic E-state index is 11.5. The number of nitriles is 1. The van der Waals surface area contributed by atoms with E-state index in [0.717, 1.165) is 7.11 Å². The fraction of sp³-hybridized carbons (Fsp3) is 0.750. The maximum atomic E-state index is 11.5. The van der Waals surface area contributed by atoms with Gasteiger partial charge in [0, 0.05) is 0 Å². The fourth-order valence-electron chi connectivity index (χ4n) is 0.968. The molecule has 0 aromatic rings. The van der Waals surface area contributed by atoms with Gasteiger partial charge in [0.25, 0.3) is 0 Å². The summed E-state index contributed by atoms with van der Waals surface area (Å²) in [6, 6.07) is 1.78. The highest BCUT2D eigenvalue weighted by molar-refractivity contribution is 7.92. The molecule has 0 bridgehead atoms. The summed E-state index contributed by atoms with van der Waals surface area (Å²) in [5.41, 5.74) is 0. The highest BCUT2D eigenvalue weighted by Gasteiger charge is 2.26. The highest BCUT2D eigenvalue weighted by Crippen LogP contribution is 2.11. The van der Waals surface area contributed by atoms with E-state index in [0.29, 0.717) is 6.42 Å². The molecule has 6 heteroatoms. The molecular formula is C8H13NO4S. The molecule has 80 valence electrons.